The molecule has 1 aliphatic heterocycles. The van der Waals surface area contributed by atoms with E-state index in [9.17, 15) is 0 Å². The van der Waals surface area contributed by atoms with E-state index < -0.39 is 20.3 Å². The smallest absolute Gasteiger partial charge is 1.00 e. The number of benzene rings is 6. The van der Waals surface area contributed by atoms with Crippen LogP contribution in [0.1, 0.15) is 43.4 Å². The summed E-state index contributed by atoms with van der Waals surface area (Å²) >= 11 is -2.70. The van der Waals surface area contributed by atoms with Crippen LogP contribution in [0.2, 0.25) is 8.26 Å². The first kappa shape index (κ1) is 29.8. The number of halogens is 2. The van der Waals surface area contributed by atoms with E-state index in [4.69, 9.17) is 0 Å². The van der Waals surface area contributed by atoms with Crippen molar-refractivity contribution < 1.29 is 29.7 Å². The van der Waals surface area contributed by atoms with Gasteiger partial charge in [-0.3, -0.25) is 0 Å². The summed E-state index contributed by atoms with van der Waals surface area (Å²) in [5.74, 6) is 0. The molecule has 0 saturated carbocycles. The summed E-state index contributed by atoms with van der Waals surface area (Å²) in [6.45, 7) is 4.88. The van der Waals surface area contributed by atoms with Crippen molar-refractivity contribution in [2.45, 2.75) is 29.4 Å². The predicted octanol–water partition coefficient (Wildman–Crippen LogP) is 5.96. The van der Waals surface area contributed by atoms with Gasteiger partial charge in [0, 0.05) is 0 Å². The fourth-order valence-electron chi connectivity index (χ4n) is 8.91. The van der Waals surface area contributed by atoms with Gasteiger partial charge in [0.2, 0.25) is 0 Å². The van der Waals surface area contributed by atoms with Gasteiger partial charge in [-0.1, -0.05) is 0 Å². The molecule has 6 aromatic carbocycles. The Labute approximate surface area is 268 Å². The summed E-state index contributed by atoms with van der Waals surface area (Å²) in [5.41, 5.74) is 14.9. The monoisotopic (exact) mass is 666 g/mol. The van der Waals surface area contributed by atoms with E-state index in [1.165, 1.54) is 63.2 Å². The molecule has 0 amide bonds. The van der Waals surface area contributed by atoms with Crippen molar-refractivity contribution in [3.63, 3.8) is 0 Å². The maximum absolute atomic E-state index is 2.70. The minimum Gasteiger partial charge on any atom is -1.00 e. The van der Waals surface area contributed by atoms with Crippen molar-refractivity contribution in [2.75, 3.05) is 0 Å². The van der Waals surface area contributed by atoms with E-state index >= 15 is 0 Å². The first-order valence-corrected chi connectivity index (χ1v) is 22.0. The molecule has 0 N–H and O–H groups in total. The van der Waals surface area contributed by atoms with Gasteiger partial charge in [0.25, 0.3) is 0 Å². The largest absolute Gasteiger partial charge is 1.00 e. The quantitative estimate of drug-likeness (QED) is 0.218. The number of allylic oxidation sites excluding steroid dienone is 2. The Morgan fingerprint density at radius 1 is 0.444 bits per heavy atom. The zero-order chi connectivity index (χ0) is 28.7. The van der Waals surface area contributed by atoms with Gasteiger partial charge < -0.3 is 9.41 Å². The van der Waals surface area contributed by atoms with Crippen molar-refractivity contribution in [2.24, 2.45) is 0 Å². The molecule has 1 saturated heterocycles. The predicted molar refractivity (Wildman–Crippen MR) is 181 cm³/mol. The Morgan fingerprint density at radius 2 is 0.822 bits per heavy atom. The first-order chi connectivity index (χ1) is 21.1. The van der Waals surface area contributed by atoms with Crippen molar-refractivity contribution in [3.05, 3.63) is 155 Å². The topological polar surface area (TPSA) is 0 Å². The van der Waals surface area contributed by atoms with Crippen molar-refractivity contribution in [3.8, 4) is 22.3 Å². The Bertz CT molecular complexity index is 2020. The molecule has 0 nitrogen and oxygen atoms in total. The molecular formula is C42H34F2Zr. The van der Waals surface area contributed by atoms with Crippen LogP contribution in [-0.2, 0) is 20.3 Å². The minimum atomic E-state index is -2.70. The molecule has 1 fully saturated rings. The Morgan fingerprint density at radius 3 is 1.27 bits per heavy atom. The average molecular weight is 668 g/mol. The molecule has 9 rings (SSSR count). The van der Waals surface area contributed by atoms with Gasteiger partial charge in [-0.2, -0.15) is 0 Å². The summed E-state index contributed by atoms with van der Waals surface area (Å²) in [4.78, 5) is 0. The minimum absolute atomic E-state index is 0. The third kappa shape index (κ3) is 4.38. The normalized spacial score (nSPS) is 18.1. The van der Waals surface area contributed by atoms with Crippen molar-refractivity contribution in [1.82, 2.24) is 0 Å². The second-order valence-electron chi connectivity index (χ2n) is 13.0. The third-order valence-electron chi connectivity index (χ3n) is 10.7. The van der Waals surface area contributed by atoms with E-state index in [0.717, 1.165) is 0 Å². The fourth-order valence-corrected chi connectivity index (χ4v) is 26.6. The maximum Gasteiger partial charge on any atom is -1.00 e. The Balaban J connectivity index is 0.00000163. The van der Waals surface area contributed by atoms with E-state index in [2.05, 4.69) is 147 Å². The average Bonchev–Trinajstić information content (AvgIpc) is 3.62. The molecule has 0 radical (unpaired) electrons. The number of fused-ring (bicyclic) bond motifs is 4. The summed E-state index contributed by atoms with van der Waals surface area (Å²) in [6.07, 6.45) is 5.13. The maximum atomic E-state index is 2.57. The van der Waals surface area contributed by atoms with Crippen LogP contribution >= 0.6 is 0 Å². The Kier molecular flexibility index (Phi) is 7.37. The van der Waals surface area contributed by atoms with Gasteiger partial charge in [-0.05, 0) is 0 Å². The molecule has 2 unspecified atom stereocenters. The second kappa shape index (κ2) is 11.1. The van der Waals surface area contributed by atoms with E-state index in [-0.39, 0.29) is 9.41 Å². The van der Waals surface area contributed by atoms with E-state index in [0.29, 0.717) is 7.25 Å². The second-order valence-corrected chi connectivity index (χ2v) is 24.4. The standard InChI is InChI=1S/2C20H15.C2H4.2FH.Zr/c2*1-14-12-16-8-5-11-19(20(16)13-14)18-10-4-7-15-6-2-3-9-17(15)18;1-2;;;/h2*2-13H,1H3;1-2H2;2*1H;/q;;;;;+2/p-2. The molecule has 6 aromatic rings. The van der Waals surface area contributed by atoms with E-state index in [1.807, 2.05) is 0 Å². The van der Waals surface area contributed by atoms with Crippen LogP contribution in [0.15, 0.2) is 132 Å². The molecule has 2 atom stereocenters. The summed E-state index contributed by atoms with van der Waals surface area (Å²) in [5, 5.41) is 5.33. The van der Waals surface area contributed by atoms with Gasteiger partial charge >= 0.3 is 260 Å². The zero-order valence-corrected chi connectivity index (χ0v) is 28.0. The molecule has 0 aromatic heterocycles. The molecule has 2 aliphatic carbocycles. The van der Waals surface area contributed by atoms with Crippen LogP contribution in [0, 0.1) is 0 Å². The van der Waals surface area contributed by atoms with Crippen LogP contribution < -0.4 is 9.41 Å². The van der Waals surface area contributed by atoms with Gasteiger partial charge in [0.1, 0.15) is 0 Å². The van der Waals surface area contributed by atoms with Crippen LogP contribution in [0.5, 0.6) is 0 Å². The summed E-state index contributed by atoms with van der Waals surface area (Å²) < 4.78 is 4.27. The first-order valence-electron chi connectivity index (χ1n) is 15.7. The number of hydrogen-bond donors (Lipinski definition) is 0. The van der Waals surface area contributed by atoms with Gasteiger partial charge in [-0.15, -0.1) is 0 Å². The molecule has 0 spiro atoms. The SMILES string of the molecule is CC1=Cc2c(-c3cccc4ccccc34)cccc2[CH]1[Zr+2]1([CH]2C(C)=Cc3c(-c4cccc5ccccc45)cccc32)[CH2][CH2]1.[F-].[F-]. The zero-order valence-electron chi connectivity index (χ0n) is 25.5. The molecule has 220 valence electrons. The number of hydrogen-bond acceptors (Lipinski definition) is 0. The van der Waals surface area contributed by atoms with Crippen molar-refractivity contribution in [1.29, 1.82) is 0 Å². The van der Waals surface area contributed by atoms with Crippen LogP contribution in [0.4, 0.5) is 0 Å². The summed E-state index contributed by atoms with van der Waals surface area (Å²) in [6, 6.07) is 45.6. The van der Waals surface area contributed by atoms with Crippen LogP contribution in [0.25, 0.3) is 56.0 Å². The third-order valence-corrected chi connectivity index (χ3v) is 24.2. The Hall–Kier alpha value is -3.94. The van der Waals surface area contributed by atoms with E-state index in [1.54, 1.807) is 22.3 Å². The van der Waals surface area contributed by atoms with Gasteiger partial charge in [0.05, 0.1) is 0 Å². The van der Waals surface area contributed by atoms with Gasteiger partial charge in [0.15, 0.2) is 0 Å². The number of rotatable bonds is 4. The fraction of sp³-hybridized carbons (Fsp3) is 0.143. The molecule has 0 bridgehead atoms. The van der Waals surface area contributed by atoms with Crippen LogP contribution in [-0.4, -0.2) is 0 Å². The molecule has 3 aliphatic rings. The molecule has 1 heterocycles. The van der Waals surface area contributed by atoms with Crippen molar-refractivity contribution >= 4 is 33.7 Å². The van der Waals surface area contributed by atoms with Gasteiger partial charge in [-0.25, -0.2) is 0 Å². The summed E-state index contributed by atoms with van der Waals surface area (Å²) in [7, 11) is 0. The molecule has 45 heavy (non-hydrogen) atoms. The molecular weight excluding hydrogens is 634 g/mol. The molecule has 3 heteroatoms. The van der Waals surface area contributed by atoms with Crippen LogP contribution in [0.3, 0.4) is 0 Å².